The molecule has 0 aliphatic heterocycles. The fourth-order valence-electron chi connectivity index (χ4n) is 1.83. The molecule has 2 aromatic rings. The number of aryl methyl sites for hydroxylation is 2. The summed E-state index contributed by atoms with van der Waals surface area (Å²) in [5.41, 5.74) is 8.37. The maximum Gasteiger partial charge on any atom is 0.0798 e. The first-order chi connectivity index (χ1) is 8.20. The van der Waals surface area contributed by atoms with Gasteiger partial charge >= 0.3 is 0 Å². The molecule has 1 aromatic heterocycles. The first kappa shape index (κ1) is 12.2. The van der Waals surface area contributed by atoms with Gasteiger partial charge < -0.3 is 0 Å². The van der Waals surface area contributed by atoms with Gasteiger partial charge in [-0.2, -0.15) is 0 Å². The Morgan fingerprint density at radius 3 is 2.53 bits per heavy atom. The molecule has 1 atom stereocenters. The van der Waals surface area contributed by atoms with Crippen molar-refractivity contribution in [3.8, 4) is 0 Å². The highest BCUT2D eigenvalue weighted by molar-refractivity contribution is 7.09. The summed E-state index contributed by atoms with van der Waals surface area (Å²) in [6, 6.07) is 8.70. The van der Waals surface area contributed by atoms with E-state index in [1.54, 1.807) is 11.3 Å². The van der Waals surface area contributed by atoms with E-state index >= 15 is 0 Å². The molecule has 0 bridgehead atoms. The molecule has 4 heteroatoms. The Kier molecular flexibility index (Phi) is 3.89. The van der Waals surface area contributed by atoms with Crippen molar-refractivity contribution in [1.29, 1.82) is 0 Å². The quantitative estimate of drug-likeness (QED) is 0.644. The largest absolute Gasteiger partial charge is 0.271 e. The van der Waals surface area contributed by atoms with E-state index in [9.17, 15) is 0 Å². The normalized spacial score (nSPS) is 12.6. The highest BCUT2D eigenvalue weighted by atomic mass is 32.1. The SMILES string of the molecule is Cc1ccc(CC(NN)c2scnc2C)cc1. The minimum Gasteiger partial charge on any atom is -0.271 e. The number of nitrogens with zero attached hydrogens (tertiary/aromatic N) is 1. The molecule has 0 fully saturated rings. The van der Waals surface area contributed by atoms with Crippen LogP contribution in [0.3, 0.4) is 0 Å². The summed E-state index contributed by atoms with van der Waals surface area (Å²) < 4.78 is 0. The third kappa shape index (κ3) is 2.91. The molecule has 1 aromatic carbocycles. The number of nitrogens with one attached hydrogen (secondary N) is 1. The van der Waals surface area contributed by atoms with Crippen molar-refractivity contribution in [1.82, 2.24) is 10.4 Å². The van der Waals surface area contributed by atoms with Gasteiger partial charge in [-0.05, 0) is 25.8 Å². The second kappa shape index (κ2) is 5.40. The van der Waals surface area contributed by atoms with Gasteiger partial charge in [0, 0.05) is 4.88 Å². The Labute approximate surface area is 106 Å². The van der Waals surface area contributed by atoms with Gasteiger partial charge in [0.1, 0.15) is 0 Å². The second-order valence-electron chi connectivity index (χ2n) is 4.21. The summed E-state index contributed by atoms with van der Waals surface area (Å²) in [5, 5.41) is 0. The smallest absolute Gasteiger partial charge is 0.0798 e. The third-order valence-electron chi connectivity index (χ3n) is 2.86. The van der Waals surface area contributed by atoms with Crippen LogP contribution in [0.2, 0.25) is 0 Å². The standard InChI is InChI=1S/C13H17N3S/c1-9-3-5-11(6-4-9)7-12(16-14)13-10(2)15-8-17-13/h3-6,8,12,16H,7,14H2,1-2H3. The summed E-state index contributed by atoms with van der Waals surface area (Å²) in [6.45, 7) is 4.11. The highest BCUT2D eigenvalue weighted by Crippen LogP contribution is 2.24. The molecule has 0 aliphatic rings. The molecule has 3 nitrogen and oxygen atoms in total. The van der Waals surface area contributed by atoms with Gasteiger partial charge in [-0.25, -0.2) is 4.98 Å². The molecule has 0 saturated carbocycles. The number of rotatable bonds is 4. The molecule has 0 radical (unpaired) electrons. The number of hydrazine groups is 1. The van der Waals surface area contributed by atoms with Gasteiger partial charge in [0.15, 0.2) is 0 Å². The molecule has 2 rings (SSSR count). The Morgan fingerprint density at radius 1 is 1.29 bits per heavy atom. The summed E-state index contributed by atoms with van der Waals surface area (Å²) in [5.74, 6) is 5.64. The predicted molar refractivity (Wildman–Crippen MR) is 71.8 cm³/mol. The van der Waals surface area contributed by atoms with Crippen molar-refractivity contribution >= 4 is 11.3 Å². The van der Waals surface area contributed by atoms with Gasteiger partial charge in [-0.15, -0.1) is 11.3 Å². The Morgan fingerprint density at radius 2 is 2.00 bits per heavy atom. The summed E-state index contributed by atoms with van der Waals surface area (Å²) in [7, 11) is 0. The van der Waals surface area contributed by atoms with Crippen LogP contribution in [0.15, 0.2) is 29.8 Å². The highest BCUT2D eigenvalue weighted by Gasteiger charge is 2.15. The van der Waals surface area contributed by atoms with Crippen LogP contribution in [0.4, 0.5) is 0 Å². The van der Waals surface area contributed by atoms with Gasteiger partial charge in [-0.1, -0.05) is 29.8 Å². The lowest BCUT2D eigenvalue weighted by atomic mass is 10.0. The lowest BCUT2D eigenvalue weighted by Gasteiger charge is -2.15. The average molecular weight is 247 g/mol. The van der Waals surface area contributed by atoms with E-state index in [0.29, 0.717) is 0 Å². The average Bonchev–Trinajstić information content (AvgIpc) is 2.75. The number of thiazole rings is 1. The van der Waals surface area contributed by atoms with Crippen molar-refractivity contribution in [2.24, 2.45) is 5.84 Å². The van der Waals surface area contributed by atoms with Crippen molar-refractivity contribution in [2.45, 2.75) is 26.3 Å². The van der Waals surface area contributed by atoms with Crippen LogP contribution in [-0.4, -0.2) is 4.98 Å². The molecule has 0 spiro atoms. The van der Waals surface area contributed by atoms with Crippen molar-refractivity contribution < 1.29 is 0 Å². The number of benzene rings is 1. The Hall–Kier alpha value is -1.23. The zero-order valence-corrected chi connectivity index (χ0v) is 10.9. The first-order valence-corrected chi connectivity index (χ1v) is 6.50. The van der Waals surface area contributed by atoms with Crippen LogP contribution in [0.25, 0.3) is 0 Å². The van der Waals surface area contributed by atoms with Gasteiger partial charge in [-0.3, -0.25) is 11.3 Å². The zero-order valence-electron chi connectivity index (χ0n) is 10.1. The molecule has 0 saturated heterocycles. The van der Waals surface area contributed by atoms with Gasteiger partial charge in [0.2, 0.25) is 0 Å². The van der Waals surface area contributed by atoms with Crippen LogP contribution < -0.4 is 11.3 Å². The summed E-state index contributed by atoms with van der Waals surface area (Å²) in [6.07, 6.45) is 0.889. The van der Waals surface area contributed by atoms with Crippen molar-refractivity contribution in [3.05, 3.63) is 51.5 Å². The van der Waals surface area contributed by atoms with E-state index in [-0.39, 0.29) is 6.04 Å². The monoisotopic (exact) mass is 247 g/mol. The molecule has 90 valence electrons. The number of hydrogen-bond acceptors (Lipinski definition) is 4. The van der Waals surface area contributed by atoms with Crippen molar-refractivity contribution in [3.63, 3.8) is 0 Å². The lowest BCUT2D eigenvalue weighted by molar-refractivity contribution is 0.557. The molecule has 1 unspecified atom stereocenters. The van der Waals surface area contributed by atoms with Crippen LogP contribution >= 0.6 is 11.3 Å². The van der Waals surface area contributed by atoms with Crippen LogP contribution in [-0.2, 0) is 6.42 Å². The molecule has 17 heavy (non-hydrogen) atoms. The Balaban J connectivity index is 2.16. The number of aromatic nitrogens is 1. The topological polar surface area (TPSA) is 50.9 Å². The lowest BCUT2D eigenvalue weighted by Crippen LogP contribution is -2.29. The zero-order chi connectivity index (χ0) is 12.3. The second-order valence-corrected chi connectivity index (χ2v) is 5.10. The van der Waals surface area contributed by atoms with E-state index in [1.807, 2.05) is 12.4 Å². The van der Waals surface area contributed by atoms with Crippen molar-refractivity contribution in [2.75, 3.05) is 0 Å². The fraction of sp³-hybridized carbons (Fsp3) is 0.308. The molecular weight excluding hydrogens is 230 g/mol. The fourth-order valence-corrected chi connectivity index (χ4v) is 2.70. The maximum atomic E-state index is 5.64. The number of nitrogens with two attached hydrogens (primary N) is 1. The molecule has 3 N–H and O–H groups in total. The first-order valence-electron chi connectivity index (χ1n) is 5.62. The van der Waals surface area contributed by atoms with Crippen LogP contribution in [0.5, 0.6) is 0 Å². The van der Waals surface area contributed by atoms with Gasteiger partial charge in [0.25, 0.3) is 0 Å². The number of hydrogen-bond donors (Lipinski definition) is 2. The summed E-state index contributed by atoms with van der Waals surface area (Å²) >= 11 is 1.65. The predicted octanol–water partition coefficient (Wildman–Crippen LogP) is 2.51. The molecule has 0 aliphatic carbocycles. The molecule has 0 amide bonds. The molecular formula is C13H17N3S. The van der Waals surface area contributed by atoms with Crippen LogP contribution in [0.1, 0.15) is 27.7 Å². The third-order valence-corrected chi connectivity index (χ3v) is 3.91. The van der Waals surface area contributed by atoms with E-state index in [0.717, 1.165) is 12.1 Å². The summed E-state index contributed by atoms with van der Waals surface area (Å²) in [4.78, 5) is 5.48. The van der Waals surface area contributed by atoms with E-state index in [2.05, 4.69) is 41.6 Å². The van der Waals surface area contributed by atoms with E-state index in [1.165, 1.54) is 16.0 Å². The molecule has 1 heterocycles. The van der Waals surface area contributed by atoms with Gasteiger partial charge in [0.05, 0.1) is 17.2 Å². The Bertz CT molecular complexity index is 476. The van der Waals surface area contributed by atoms with E-state index < -0.39 is 0 Å². The maximum absolute atomic E-state index is 5.64. The van der Waals surface area contributed by atoms with E-state index in [4.69, 9.17) is 5.84 Å². The minimum absolute atomic E-state index is 0.144. The minimum atomic E-state index is 0.144. The van der Waals surface area contributed by atoms with Crippen LogP contribution in [0, 0.1) is 13.8 Å².